The summed E-state index contributed by atoms with van der Waals surface area (Å²) in [7, 11) is 0. The summed E-state index contributed by atoms with van der Waals surface area (Å²) in [6.07, 6.45) is -0.832. The third-order valence-electron chi connectivity index (χ3n) is 4.82. The lowest BCUT2D eigenvalue weighted by atomic mass is 10.1. The number of hydrogen-bond acceptors (Lipinski definition) is 5. The smallest absolute Gasteiger partial charge is 0.407 e. The maximum atomic E-state index is 11.0. The highest BCUT2D eigenvalue weighted by Gasteiger charge is 2.20. The number of carboxylic acid groups (broad SMARTS) is 1. The Kier molecular flexibility index (Phi) is 5.02. The highest BCUT2D eigenvalue weighted by Crippen LogP contribution is 2.35. The summed E-state index contributed by atoms with van der Waals surface area (Å²) in [4.78, 5) is 14.7. The second-order valence-electron chi connectivity index (χ2n) is 6.67. The lowest BCUT2D eigenvalue weighted by Crippen LogP contribution is -2.47. The SMILES string of the molecule is O=C(O)N1CCN(Cc2ccc(COc3ccc4c(c3)OCO4)cc2)CC1. The minimum absolute atomic E-state index is 0.256. The van der Waals surface area contributed by atoms with Gasteiger partial charge in [0.2, 0.25) is 6.79 Å². The van der Waals surface area contributed by atoms with E-state index >= 15 is 0 Å². The van der Waals surface area contributed by atoms with E-state index in [0.717, 1.165) is 36.7 Å². The molecule has 0 saturated carbocycles. The van der Waals surface area contributed by atoms with Gasteiger partial charge in [-0.15, -0.1) is 0 Å². The molecule has 0 spiro atoms. The third-order valence-corrected chi connectivity index (χ3v) is 4.82. The van der Waals surface area contributed by atoms with Crippen LogP contribution in [0.1, 0.15) is 11.1 Å². The zero-order chi connectivity index (χ0) is 18.6. The Hall–Kier alpha value is -2.93. The quantitative estimate of drug-likeness (QED) is 0.873. The Balaban J connectivity index is 1.27. The van der Waals surface area contributed by atoms with Crippen LogP contribution in [0, 0.1) is 0 Å². The van der Waals surface area contributed by atoms with Crippen molar-refractivity contribution in [2.24, 2.45) is 0 Å². The normalized spacial score (nSPS) is 16.4. The van der Waals surface area contributed by atoms with E-state index in [2.05, 4.69) is 29.2 Å². The van der Waals surface area contributed by atoms with E-state index < -0.39 is 6.09 Å². The van der Waals surface area contributed by atoms with Crippen LogP contribution in [0.4, 0.5) is 4.79 Å². The first-order chi connectivity index (χ1) is 13.2. The van der Waals surface area contributed by atoms with Gasteiger partial charge in [-0.2, -0.15) is 0 Å². The molecule has 0 aliphatic carbocycles. The van der Waals surface area contributed by atoms with Crippen molar-refractivity contribution in [2.75, 3.05) is 33.0 Å². The van der Waals surface area contributed by atoms with Crippen LogP contribution in [0.2, 0.25) is 0 Å². The molecule has 4 rings (SSSR count). The second-order valence-corrected chi connectivity index (χ2v) is 6.67. The fourth-order valence-corrected chi connectivity index (χ4v) is 3.23. The van der Waals surface area contributed by atoms with Gasteiger partial charge in [-0.25, -0.2) is 4.79 Å². The molecule has 1 saturated heterocycles. The summed E-state index contributed by atoms with van der Waals surface area (Å²) in [5.74, 6) is 2.21. The average Bonchev–Trinajstić information content (AvgIpc) is 3.16. The number of rotatable bonds is 5. The van der Waals surface area contributed by atoms with E-state index in [1.54, 1.807) is 0 Å². The Bertz CT molecular complexity index is 801. The third kappa shape index (κ3) is 4.25. The molecular formula is C20H22N2O5. The summed E-state index contributed by atoms with van der Waals surface area (Å²) >= 11 is 0. The van der Waals surface area contributed by atoms with Crippen molar-refractivity contribution < 1.29 is 24.1 Å². The van der Waals surface area contributed by atoms with Gasteiger partial charge in [-0.05, 0) is 23.3 Å². The Morgan fingerprint density at radius 1 is 0.963 bits per heavy atom. The number of piperazine rings is 1. The first-order valence-electron chi connectivity index (χ1n) is 8.98. The van der Waals surface area contributed by atoms with Crippen LogP contribution < -0.4 is 14.2 Å². The minimum Gasteiger partial charge on any atom is -0.489 e. The van der Waals surface area contributed by atoms with Crippen molar-refractivity contribution in [3.8, 4) is 17.2 Å². The van der Waals surface area contributed by atoms with E-state index in [-0.39, 0.29) is 6.79 Å². The van der Waals surface area contributed by atoms with Crippen LogP contribution in [-0.2, 0) is 13.2 Å². The van der Waals surface area contributed by atoms with E-state index in [4.69, 9.17) is 19.3 Å². The molecule has 2 heterocycles. The molecule has 2 aromatic rings. The van der Waals surface area contributed by atoms with Crippen molar-refractivity contribution in [3.05, 3.63) is 53.6 Å². The molecule has 0 bridgehead atoms. The van der Waals surface area contributed by atoms with Crippen molar-refractivity contribution in [1.29, 1.82) is 0 Å². The molecule has 0 atom stereocenters. The summed E-state index contributed by atoms with van der Waals surface area (Å²) < 4.78 is 16.5. The zero-order valence-corrected chi connectivity index (χ0v) is 15.0. The summed E-state index contributed by atoms with van der Waals surface area (Å²) in [6.45, 7) is 4.23. The number of amides is 1. The van der Waals surface area contributed by atoms with Crippen LogP contribution in [-0.4, -0.2) is 54.0 Å². The molecule has 1 amide bonds. The molecule has 2 aromatic carbocycles. The largest absolute Gasteiger partial charge is 0.489 e. The number of benzene rings is 2. The number of fused-ring (bicyclic) bond motifs is 1. The van der Waals surface area contributed by atoms with Gasteiger partial charge in [-0.3, -0.25) is 4.90 Å². The molecule has 2 aliphatic rings. The van der Waals surface area contributed by atoms with Gasteiger partial charge in [0, 0.05) is 38.8 Å². The van der Waals surface area contributed by atoms with Crippen LogP contribution in [0.5, 0.6) is 17.2 Å². The van der Waals surface area contributed by atoms with E-state index in [1.165, 1.54) is 10.5 Å². The molecule has 27 heavy (non-hydrogen) atoms. The molecule has 0 unspecified atom stereocenters. The van der Waals surface area contributed by atoms with Gasteiger partial charge < -0.3 is 24.2 Å². The second kappa shape index (κ2) is 7.75. The van der Waals surface area contributed by atoms with E-state index in [0.29, 0.717) is 25.4 Å². The predicted octanol–water partition coefficient (Wildman–Crippen LogP) is 2.79. The Morgan fingerprint density at radius 2 is 1.67 bits per heavy atom. The van der Waals surface area contributed by atoms with Gasteiger partial charge >= 0.3 is 6.09 Å². The van der Waals surface area contributed by atoms with Gasteiger partial charge in [0.25, 0.3) is 0 Å². The molecule has 0 aromatic heterocycles. The molecule has 1 fully saturated rings. The maximum Gasteiger partial charge on any atom is 0.407 e. The summed E-state index contributed by atoms with van der Waals surface area (Å²) in [6, 6.07) is 13.9. The maximum absolute atomic E-state index is 11.0. The standard InChI is InChI=1S/C20H22N2O5/c23-20(24)22-9-7-21(8-10-22)12-15-1-3-16(4-2-15)13-25-17-5-6-18-19(11-17)27-14-26-18/h1-6,11H,7-10,12-14H2,(H,23,24). The van der Waals surface area contributed by atoms with Gasteiger partial charge in [0.1, 0.15) is 12.4 Å². The molecule has 142 valence electrons. The monoisotopic (exact) mass is 370 g/mol. The van der Waals surface area contributed by atoms with Crippen LogP contribution in [0.25, 0.3) is 0 Å². The summed E-state index contributed by atoms with van der Waals surface area (Å²) in [5.41, 5.74) is 2.30. The molecule has 2 aliphatic heterocycles. The lowest BCUT2D eigenvalue weighted by Gasteiger charge is -2.33. The van der Waals surface area contributed by atoms with Gasteiger partial charge in [0.05, 0.1) is 0 Å². The van der Waals surface area contributed by atoms with Crippen LogP contribution in [0.3, 0.4) is 0 Å². The first kappa shape index (κ1) is 17.5. The highest BCUT2D eigenvalue weighted by molar-refractivity contribution is 5.65. The highest BCUT2D eigenvalue weighted by atomic mass is 16.7. The Labute approximate surface area is 157 Å². The average molecular weight is 370 g/mol. The van der Waals surface area contributed by atoms with Crippen LogP contribution in [0.15, 0.2) is 42.5 Å². The van der Waals surface area contributed by atoms with Gasteiger partial charge in [0.15, 0.2) is 11.5 Å². The summed E-state index contributed by atoms with van der Waals surface area (Å²) in [5, 5.41) is 9.01. The van der Waals surface area contributed by atoms with Crippen molar-refractivity contribution in [2.45, 2.75) is 13.2 Å². The molecule has 7 heteroatoms. The first-order valence-corrected chi connectivity index (χ1v) is 8.98. The number of hydrogen-bond donors (Lipinski definition) is 1. The molecule has 0 radical (unpaired) electrons. The topological polar surface area (TPSA) is 71.5 Å². The lowest BCUT2D eigenvalue weighted by molar-refractivity contribution is 0.103. The fourth-order valence-electron chi connectivity index (χ4n) is 3.23. The predicted molar refractivity (Wildman–Crippen MR) is 98.2 cm³/mol. The molecule has 1 N–H and O–H groups in total. The Morgan fingerprint density at radius 3 is 2.41 bits per heavy atom. The van der Waals surface area contributed by atoms with Crippen molar-refractivity contribution >= 4 is 6.09 Å². The minimum atomic E-state index is -0.832. The van der Waals surface area contributed by atoms with Gasteiger partial charge in [-0.1, -0.05) is 24.3 Å². The number of nitrogens with zero attached hydrogens (tertiary/aromatic N) is 2. The van der Waals surface area contributed by atoms with Crippen molar-refractivity contribution in [3.63, 3.8) is 0 Å². The number of carbonyl (C=O) groups is 1. The fraction of sp³-hybridized carbons (Fsp3) is 0.350. The molecule has 7 nitrogen and oxygen atoms in total. The molecular weight excluding hydrogens is 348 g/mol. The van der Waals surface area contributed by atoms with E-state index in [9.17, 15) is 4.79 Å². The number of ether oxygens (including phenoxy) is 3. The zero-order valence-electron chi connectivity index (χ0n) is 15.0. The van der Waals surface area contributed by atoms with Crippen LogP contribution >= 0.6 is 0 Å². The van der Waals surface area contributed by atoms with Crippen molar-refractivity contribution in [1.82, 2.24) is 9.80 Å². The van der Waals surface area contributed by atoms with E-state index in [1.807, 2.05) is 18.2 Å².